The summed E-state index contributed by atoms with van der Waals surface area (Å²) < 4.78 is 0. The van der Waals surface area contributed by atoms with Crippen molar-refractivity contribution in [3.05, 3.63) is 74.1 Å². The van der Waals surface area contributed by atoms with Crippen LogP contribution in [0.15, 0.2) is 48.5 Å². The number of hydrogen-bond donors (Lipinski definition) is 1. The van der Waals surface area contributed by atoms with Crippen LogP contribution in [0.2, 0.25) is 5.02 Å². The number of anilines is 1. The summed E-state index contributed by atoms with van der Waals surface area (Å²) in [5.74, 6) is -0.566. The first-order valence-electron chi connectivity index (χ1n) is 7.24. The van der Waals surface area contributed by atoms with Crippen LogP contribution in [0.3, 0.4) is 0 Å². The molecule has 0 aliphatic rings. The Morgan fingerprint density at radius 2 is 1.88 bits per heavy atom. The van der Waals surface area contributed by atoms with Crippen LogP contribution in [0.25, 0.3) is 11.3 Å². The fourth-order valence-electron chi connectivity index (χ4n) is 2.31. The van der Waals surface area contributed by atoms with Crippen LogP contribution in [0.1, 0.15) is 15.2 Å². The monoisotopic (exact) mass is 373 g/mol. The minimum atomic E-state index is -0.582. The van der Waals surface area contributed by atoms with Crippen molar-refractivity contribution in [1.82, 2.24) is 4.98 Å². The van der Waals surface area contributed by atoms with Gasteiger partial charge in [0.1, 0.15) is 5.56 Å². The first kappa shape index (κ1) is 17.1. The zero-order valence-electron chi connectivity index (χ0n) is 13.0. The van der Waals surface area contributed by atoms with Gasteiger partial charge < -0.3 is 0 Å². The van der Waals surface area contributed by atoms with E-state index < -0.39 is 10.8 Å². The highest BCUT2D eigenvalue weighted by atomic mass is 35.5. The Balaban J connectivity index is 1.87. The SMILES string of the molecule is Cc1sc(NC(=O)c2ccccc2[N+](=O)[O-])nc1-c1ccc(Cl)cc1. The van der Waals surface area contributed by atoms with Gasteiger partial charge in [0.05, 0.1) is 10.6 Å². The fourth-order valence-corrected chi connectivity index (χ4v) is 3.27. The van der Waals surface area contributed by atoms with Crippen molar-refractivity contribution in [3.8, 4) is 11.3 Å². The minimum Gasteiger partial charge on any atom is -0.298 e. The van der Waals surface area contributed by atoms with Gasteiger partial charge >= 0.3 is 0 Å². The Bertz CT molecular complexity index is 954. The van der Waals surface area contributed by atoms with E-state index in [9.17, 15) is 14.9 Å². The third-order valence-corrected chi connectivity index (χ3v) is 4.62. The average molecular weight is 374 g/mol. The molecule has 1 heterocycles. The normalized spacial score (nSPS) is 10.5. The fraction of sp³-hybridized carbons (Fsp3) is 0.0588. The van der Waals surface area contributed by atoms with E-state index in [0.29, 0.717) is 10.2 Å². The summed E-state index contributed by atoms with van der Waals surface area (Å²) in [5.41, 5.74) is 1.36. The van der Waals surface area contributed by atoms with E-state index in [0.717, 1.165) is 16.1 Å². The molecule has 0 radical (unpaired) electrons. The Hall–Kier alpha value is -2.77. The number of para-hydroxylation sites is 1. The maximum Gasteiger partial charge on any atom is 0.282 e. The lowest BCUT2D eigenvalue weighted by Gasteiger charge is -2.02. The summed E-state index contributed by atoms with van der Waals surface area (Å²) in [4.78, 5) is 28.2. The summed E-state index contributed by atoms with van der Waals surface area (Å²) in [7, 11) is 0. The van der Waals surface area contributed by atoms with E-state index in [-0.39, 0.29) is 11.3 Å². The molecule has 25 heavy (non-hydrogen) atoms. The molecule has 0 aliphatic heterocycles. The minimum absolute atomic E-state index is 0.00611. The Kier molecular flexibility index (Phi) is 4.78. The van der Waals surface area contributed by atoms with Gasteiger partial charge in [0.2, 0.25) is 0 Å². The molecule has 0 atom stereocenters. The van der Waals surface area contributed by atoms with Crippen molar-refractivity contribution in [2.75, 3.05) is 5.32 Å². The highest BCUT2D eigenvalue weighted by Gasteiger charge is 2.20. The third kappa shape index (κ3) is 3.67. The van der Waals surface area contributed by atoms with Gasteiger partial charge in [0.25, 0.3) is 11.6 Å². The first-order valence-corrected chi connectivity index (χ1v) is 8.43. The summed E-state index contributed by atoms with van der Waals surface area (Å²) >= 11 is 7.20. The number of carbonyl (C=O) groups is 1. The van der Waals surface area contributed by atoms with Crippen LogP contribution in [-0.4, -0.2) is 15.8 Å². The number of nitrogens with one attached hydrogen (secondary N) is 1. The van der Waals surface area contributed by atoms with Crippen molar-refractivity contribution in [2.24, 2.45) is 0 Å². The number of aryl methyl sites for hydroxylation is 1. The van der Waals surface area contributed by atoms with Crippen LogP contribution in [0.4, 0.5) is 10.8 Å². The predicted octanol–water partition coefficient (Wildman–Crippen LogP) is 4.93. The van der Waals surface area contributed by atoms with Gasteiger partial charge in [-0.1, -0.05) is 35.9 Å². The number of carbonyl (C=O) groups excluding carboxylic acids is 1. The van der Waals surface area contributed by atoms with E-state index in [2.05, 4.69) is 10.3 Å². The number of halogens is 1. The van der Waals surface area contributed by atoms with Crippen LogP contribution in [0.5, 0.6) is 0 Å². The maximum absolute atomic E-state index is 12.4. The number of amides is 1. The molecule has 0 saturated heterocycles. The number of hydrogen-bond acceptors (Lipinski definition) is 5. The van der Waals surface area contributed by atoms with E-state index in [1.807, 2.05) is 19.1 Å². The molecular formula is C17H12ClN3O3S. The summed E-state index contributed by atoms with van der Waals surface area (Å²) in [6.45, 7) is 1.89. The van der Waals surface area contributed by atoms with Gasteiger partial charge in [-0.25, -0.2) is 4.98 Å². The molecule has 126 valence electrons. The molecule has 6 nitrogen and oxygen atoms in total. The third-order valence-electron chi connectivity index (χ3n) is 3.48. The topological polar surface area (TPSA) is 85.1 Å². The lowest BCUT2D eigenvalue weighted by molar-refractivity contribution is -0.385. The van der Waals surface area contributed by atoms with Crippen molar-refractivity contribution < 1.29 is 9.72 Å². The van der Waals surface area contributed by atoms with Crippen molar-refractivity contribution in [3.63, 3.8) is 0 Å². The van der Waals surface area contributed by atoms with Gasteiger partial charge in [-0.15, -0.1) is 11.3 Å². The predicted molar refractivity (Wildman–Crippen MR) is 98.3 cm³/mol. The van der Waals surface area contributed by atoms with Crippen molar-refractivity contribution in [1.29, 1.82) is 0 Å². The molecule has 1 amide bonds. The molecule has 0 aliphatic carbocycles. The summed E-state index contributed by atoms with van der Waals surface area (Å²) in [5, 5.41) is 14.7. The highest BCUT2D eigenvalue weighted by Crippen LogP contribution is 2.31. The molecule has 1 N–H and O–H groups in total. The molecule has 3 aromatic rings. The Morgan fingerprint density at radius 3 is 2.56 bits per heavy atom. The first-order chi connectivity index (χ1) is 12.0. The van der Waals surface area contributed by atoms with Crippen molar-refractivity contribution >= 4 is 39.7 Å². The Labute approximate surface area is 152 Å². The standard InChI is InChI=1S/C17H12ClN3O3S/c1-10-15(11-6-8-12(18)9-7-11)19-17(25-10)20-16(22)13-4-2-3-5-14(13)21(23)24/h2-9H,1H3,(H,19,20,22). The average Bonchev–Trinajstić information content (AvgIpc) is 2.95. The van der Waals surface area contributed by atoms with E-state index in [1.165, 1.54) is 29.5 Å². The molecule has 0 bridgehead atoms. The van der Waals surface area contributed by atoms with Crippen LogP contribution in [0, 0.1) is 17.0 Å². The molecule has 8 heteroatoms. The lowest BCUT2D eigenvalue weighted by Crippen LogP contribution is -2.13. The lowest BCUT2D eigenvalue weighted by atomic mass is 10.1. The van der Waals surface area contributed by atoms with Gasteiger partial charge in [0.15, 0.2) is 5.13 Å². The smallest absolute Gasteiger partial charge is 0.282 e. The van der Waals surface area contributed by atoms with Gasteiger partial charge in [-0.05, 0) is 25.1 Å². The van der Waals surface area contributed by atoms with Crippen LogP contribution >= 0.6 is 22.9 Å². The van der Waals surface area contributed by atoms with Gasteiger partial charge in [-0.3, -0.25) is 20.2 Å². The number of thiazole rings is 1. The summed E-state index contributed by atoms with van der Waals surface area (Å²) in [6, 6.07) is 13.0. The van der Waals surface area contributed by atoms with Gasteiger partial charge in [0, 0.05) is 21.5 Å². The zero-order chi connectivity index (χ0) is 18.0. The number of rotatable bonds is 4. The molecule has 0 saturated carbocycles. The number of nitrogens with zero attached hydrogens (tertiary/aromatic N) is 2. The number of nitro groups is 1. The highest BCUT2D eigenvalue weighted by molar-refractivity contribution is 7.16. The number of nitro benzene ring substituents is 1. The van der Waals surface area contributed by atoms with E-state index in [1.54, 1.807) is 18.2 Å². The molecule has 1 aromatic heterocycles. The Morgan fingerprint density at radius 1 is 1.20 bits per heavy atom. The van der Waals surface area contributed by atoms with E-state index >= 15 is 0 Å². The molecule has 3 rings (SSSR count). The molecule has 0 unspecified atom stereocenters. The molecule has 0 fully saturated rings. The second-order valence-electron chi connectivity index (χ2n) is 5.16. The number of aromatic nitrogens is 1. The molecular weight excluding hydrogens is 362 g/mol. The zero-order valence-corrected chi connectivity index (χ0v) is 14.6. The second kappa shape index (κ2) is 7.00. The summed E-state index contributed by atoms with van der Waals surface area (Å²) in [6.07, 6.45) is 0. The van der Waals surface area contributed by atoms with Gasteiger partial charge in [-0.2, -0.15) is 0 Å². The van der Waals surface area contributed by atoms with Crippen LogP contribution in [-0.2, 0) is 0 Å². The number of benzene rings is 2. The van der Waals surface area contributed by atoms with Crippen LogP contribution < -0.4 is 5.32 Å². The van der Waals surface area contributed by atoms with Crippen molar-refractivity contribution in [2.45, 2.75) is 6.92 Å². The largest absolute Gasteiger partial charge is 0.298 e. The second-order valence-corrected chi connectivity index (χ2v) is 6.80. The van der Waals surface area contributed by atoms with E-state index in [4.69, 9.17) is 11.6 Å². The molecule has 2 aromatic carbocycles. The quantitative estimate of drug-likeness (QED) is 0.518. The maximum atomic E-state index is 12.4. The molecule has 0 spiro atoms.